The molecule has 0 saturated heterocycles. The van der Waals surface area contributed by atoms with E-state index in [1.165, 1.54) is 0 Å². The van der Waals surface area contributed by atoms with E-state index in [0.29, 0.717) is 10.7 Å². The maximum Gasteiger partial charge on any atom is 0.137 e. The highest BCUT2D eigenvalue weighted by atomic mass is 35.5. The van der Waals surface area contributed by atoms with Gasteiger partial charge in [0.1, 0.15) is 11.2 Å². The normalized spacial score (nSPS) is 11.3. The van der Waals surface area contributed by atoms with Crippen molar-refractivity contribution in [3.8, 4) is 0 Å². The Hall–Kier alpha value is -1.67. The number of nitrogens with two attached hydrogens (primary N) is 1. The highest BCUT2D eigenvalue weighted by Gasteiger charge is 2.08. The fraction of sp³-hybridized carbons (Fsp3) is 0. The third-order valence-electron chi connectivity index (χ3n) is 2.50. The Bertz CT molecular complexity index is 657. The van der Waals surface area contributed by atoms with Crippen molar-refractivity contribution >= 4 is 39.2 Å². The molecule has 2 nitrogen and oxygen atoms in total. The van der Waals surface area contributed by atoms with Crippen LogP contribution in [0.25, 0.3) is 21.9 Å². The van der Waals surface area contributed by atoms with E-state index >= 15 is 0 Å². The summed E-state index contributed by atoms with van der Waals surface area (Å²) in [6, 6.07) is 11.5. The smallest absolute Gasteiger partial charge is 0.137 e. The Labute approximate surface area is 91.2 Å². The van der Waals surface area contributed by atoms with E-state index in [2.05, 4.69) is 0 Å². The van der Waals surface area contributed by atoms with E-state index in [9.17, 15) is 0 Å². The molecule has 0 radical (unpaired) electrons. The lowest BCUT2D eigenvalue weighted by atomic mass is 10.1. The van der Waals surface area contributed by atoms with Gasteiger partial charge in [-0.2, -0.15) is 0 Å². The number of anilines is 1. The summed E-state index contributed by atoms with van der Waals surface area (Å²) in [7, 11) is 0. The highest BCUT2D eigenvalue weighted by molar-refractivity contribution is 6.34. The van der Waals surface area contributed by atoms with Gasteiger partial charge in [0.2, 0.25) is 0 Å². The molecule has 2 N–H and O–H groups in total. The van der Waals surface area contributed by atoms with Crippen LogP contribution in [0.5, 0.6) is 0 Å². The largest absolute Gasteiger partial charge is 0.456 e. The first kappa shape index (κ1) is 8.62. The van der Waals surface area contributed by atoms with E-state index in [1.807, 2.05) is 30.3 Å². The molecule has 0 spiro atoms. The quantitative estimate of drug-likeness (QED) is 0.582. The summed E-state index contributed by atoms with van der Waals surface area (Å²) >= 11 is 5.98. The summed E-state index contributed by atoms with van der Waals surface area (Å²) in [4.78, 5) is 0. The maximum absolute atomic E-state index is 5.98. The molecule has 74 valence electrons. The van der Waals surface area contributed by atoms with Gasteiger partial charge in [0.05, 0.1) is 10.7 Å². The second kappa shape index (κ2) is 2.91. The number of hydrogen-bond donors (Lipinski definition) is 1. The SMILES string of the molecule is Nc1cc2oc3ccccc3c2cc1Cl. The van der Waals surface area contributed by atoms with Crippen LogP contribution in [-0.2, 0) is 0 Å². The van der Waals surface area contributed by atoms with Crippen molar-refractivity contribution in [2.24, 2.45) is 0 Å². The van der Waals surface area contributed by atoms with Crippen molar-refractivity contribution in [2.45, 2.75) is 0 Å². The molecule has 1 heterocycles. The number of benzene rings is 2. The fourth-order valence-electron chi connectivity index (χ4n) is 1.76. The van der Waals surface area contributed by atoms with E-state index in [-0.39, 0.29) is 0 Å². The summed E-state index contributed by atoms with van der Waals surface area (Å²) < 4.78 is 5.65. The summed E-state index contributed by atoms with van der Waals surface area (Å²) in [5, 5.41) is 2.63. The van der Waals surface area contributed by atoms with Crippen LogP contribution in [0.4, 0.5) is 5.69 Å². The molecular weight excluding hydrogens is 210 g/mol. The number of fused-ring (bicyclic) bond motifs is 3. The van der Waals surface area contributed by atoms with Crippen LogP contribution in [0, 0.1) is 0 Å². The molecule has 2 aromatic carbocycles. The predicted molar refractivity (Wildman–Crippen MR) is 63.1 cm³/mol. The predicted octanol–water partition coefficient (Wildman–Crippen LogP) is 3.82. The zero-order valence-corrected chi connectivity index (χ0v) is 8.58. The van der Waals surface area contributed by atoms with Crippen LogP contribution < -0.4 is 5.73 Å². The fourth-order valence-corrected chi connectivity index (χ4v) is 1.92. The van der Waals surface area contributed by atoms with E-state index < -0.39 is 0 Å². The summed E-state index contributed by atoms with van der Waals surface area (Å²) in [6.07, 6.45) is 0. The number of para-hydroxylation sites is 1. The van der Waals surface area contributed by atoms with Gasteiger partial charge < -0.3 is 10.2 Å². The van der Waals surface area contributed by atoms with Crippen LogP contribution in [0.3, 0.4) is 0 Å². The van der Waals surface area contributed by atoms with Gasteiger partial charge in [0.15, 0.2) is 0 Å². The van der Waals surface area contributed by atoms with Crippen LogP contribution in [0.15, 0.2) is 40.8 Å². The lowest BCUT2D eigenvalue weighted by molar-refractivity contribution is 0.669. The van der Waals surface area contributed by atoms with Crippen molar-refractivity contribution in [1.29, 1.82) is 0 Å². The van der Waals surface area contributed by atoms with Crippen molar-refractivity contribution in [1.82, 2.24) is 0 Å². The molecule has 3 aromatic rings. The minimum absolute atomic E-state index is 0.545. The van der Waals surface area contributed by atoms with Crippen LogP contribution in [0.1, 0.15) is 0 Å². The molecule has 0 aliphatic heterocycles. The molecule has 15 heavy (non-hydrogen) atoms. The first-order valence-corrected chi connectivity index (χ1v) is 5.00. The molecule has 0 amide bonds. The summed E-state index contributed by atoms with van der Waals surface area (Å²) in [5.74, 6) is 0. The third-order valence-corrected chi connectivity index (χ3v) is 2.82. The molecule has 0 unspecified atom stereocenters. The van der Waals surface area contributed by atoms with Crippen LogP contribution in [0.2, 0.25) is 5.02 Å². The molecule has 0 atom stereocenters. The molecule has 0 saturated carbocycles. The van der Waals surface area contributed by atoms with Gasteiger partial charge in [-0.3, -0.25) is 0 Å². The van der Waals surface area contributed by atoms with E-state index in [0.717, 1.165) is 21.9 Å². The number of rotatable bonds is 0. The van der Waals surface area contributed by atoms with Gasteiger partial charge in [-0.1, -0.05) is 29.8 Å². The molecule has 0 fully saturated rings. The Morgan fingerprint density at radius 2 is 1.80 bits per heavy atom. The molecule has 0 aliphatic rings. The van der Waals surface area contributed by atoms with Crippen LogP contribution in [-0.4, -0.2) is 0 Å². The lowest BCUT2D eigenvalue weighted by Crippen LogP contribution is -1.84. The van der Waals surface area contributed by atoms with E-state index in [4.69, 9.17) is 21.8 Å². The number of halogens is 1. The minimum atomic E-state index is 0.545. The van der Waals surface area contributed by atoms with Crippen molar-refractivity contribution in [2.75, 3.05) is 5.73 Å². The second-order valence-corrected chi connectivity index (χ2v) is 3.88. The van der Waals surface area contributed by atoms with Gasteiger partial charge in [0, 0.05) is 16.8 Å². The van der Waals surface area contributed by atoms with Gasteiger partial charge >= 0.3 is 0 Å². The topological polar surface area (TPSA) is 39.2 Å². The van der Waals surface area contributed by atoms with Crippen molar-refractivity contribution < 1.29 is 4.42 Å². The maximum atomic E-state index is 5.98. The van der Waals surface area contributed by atoms with Gasteiger partial charge in [0.25, 0.3) is 0 Å². The van der Waals surface area contributed by atoms with Gasteiger partial charge in [-0.25, -0.2) is 0 Å². The summed E-state index contributed by atoms with van der Waals surface area (Å²) in [6.45, 7) is 0. The molecule has 3 heteroatoms. The molecule has 0 bridgehead atoms. The molecule has 1 aromatic heterocycles. The van der Waals surface area contributed by atoms with Crippen LogP contribution >= 0.6 is 11.6 Å². The monoisotopic (exact) mass is 217 g/mol. The average Bonchev–Trinajstić information content (AvgIpc) is 2.57. The Kier molecular flexibility index (Phi) is 1.67. The number of nitrogen functional groups attached to an aromatic ring is 1. The molecular formula is C12H8ClNO. The first-order chi connectivity index (χ1) is 7.25. The number of hydrogen-bond acceptors (Lipinski definition) is 2. The Morgan fingerprint density at radius 1 is 1.00 bits per heavy atom. The highest BCUT2D eigenvalue weighted by Crippen LogP contribution is 2.33. The second-order valence-electron chi connectivity index (χ2n) is 3.47. The van der Waals surface area contributed by atoms with Crippen molar-refractivity contribution in [3.05, 3.63) is 41.4 Å². The average molecular weight is 218 g/mol. The zero-order chi connectivity index (χ0) is 10.4. The standard InChI is InChI=1S/C12H8ClNO/c13-9-5-8-7-3-1-2-4-11(7)15-12(8)6-10(9)14/h1-6H,14H2. The first-order valence-electron chi connectivity index (χ1n) is 4.62. The summed E-state index contributed by atoms with van der Waals surface area (Å²) in [5.41, 5.74) is 7.89. The van der Waals surface area contributed by atoms with Crippen molar-refractivity contribution in [3.63, 3.8) is 0 Å². The van der Waals surface area contributed by atoms with Gasteiger partial charge in [-0.15, -0.1) is 0 Å². The Morgan fingerprint density at radius 3 is 2.67 bits per heavy atom. The Balaban J connectivity index is 2.56. The lowest BCUT2D eigenvalue weighted by Gasteiger charge is -1.96. The third kappa shape index (κ3) is 1.18. The minimum Gasteiger partial charge on any atom is -0.456 e. The van der Waals surface area contributed by atoms with Gasteiger partial charge in [-0.05, 0) is 12.1 Å². The molecule has 3 rings (SSSR count). The molecule has 0 aliphatic carbocycles. The zero-order valence-electron chi connectivity index (χ0n) is 7.83. The number of furan rings is 1. The van der Waals surface area contributed by atoms with E-state index in [1.54, 1.807) is 6.07 Å².